The van der Waals surface area contributed by atoms with Gasteiger partial charge < -0.3 is 10.1 Å². The molecule has 2 heterocycles. The molecule has 3 aliphatic rings. The van der Waals surface area contributed by atoms with Gasteiger partial charge in [0.25, 0.3) is 11.4 Å². The molecular weight excluding hydrogens is 296 g/mol. The first kappa shape index (κ1) is 14.4. The average molecular weight is 316 g/mol. The van der Waals surface area contributed by atoms with Gasteiger partial charge in [-0.15, -0.1) is 0 Å². The Morgan fingerprint density at radius 1 is 1.13 bits per heavy atom. The fourth-order valence-corrected chi connectivity index (χ4v) is 4.14. The highest BCUT2D eigenvalue weighted by molar-refractivity contribution is 5.63. The molecule has 0 atom stereocenters. The molecule has 23 heavy (non-hydrogen) atoms. The summed E-state index contributed by atoms with van der Waals surface area (Å²) < 4.78 is 1.02. The molecule has 7 heteroatoms. The standard InChI is InChI=1S/C16H20N4O3/c21-19-12-6-7-13(20(22)23)15(18-10-4-5-11-18)14(12)17-16(19)8-2-1-3-9-16/h6-7H,1-5,8-11H2. The third-order valence-electron chi connectivity index (χ3n) is 5.30. The van der Waals surface area contributed by atoms with E-state index in [4.69, 9.17) is 4.99 Å². The zero-order chi connectivity index (χ0) is 16.0. The molecule has 1 aromatic carbocycles. The molecule has 1 saturated carbocycles. The Balaban J connectivity index is 1.97. The Morgan fingerprint density at radius 2 is 1.83 bits per heavy atom. The second-order valence-electron chi connectivity index (χ2n) is 6.70. The predicted octanol–water partition coefficient (Wildman–Crippen LogP) is 1.48. The van der Waals surface area contributed by atoms with Crippen molar-refractivity contribution in [3.63, 3.8) is 0 Å². The van der Waals surface area contributed by atoms with Crippen molar-refractivity contribution in [2.45, 2.75) is 50.6 Å². The SMILES string of the molecule is O=[N+]([O-])c1ccc2c(c1N1CCCC1)=NC1(CCCCC1)[N+]=2[O-]. The molecule has 122 valence electrons. The van der Waals surface area contributed by atoms with Crippen LogP contribution in [0.2, 0.25) is 0 Å². The van der Waals surface area contributed by atoms with Gasteiger partial charge in [-0.3, -0.25) is 10.1 Å². The molecule has 1 saturated heterocycles. The van der Waals surface area contributed by atoms with Crippen LogP contribution < -0.4 is 20.4 Å². The van der Waals surface area contributed by atoms with Crippen LogP contribution in [0.3, 0.4) is 0 Å². The minimum absolute atomic E-state index is 0.0654. The summed E-state index contributed by atoms with van der Waals surface area (Å²) in [5.74, 6) is 0. The fourth-order valence-electron chi connectivity index (χ4n) is 4.14. The van der Waals surface area contributed by atoms with E-state index < -0.39 is 5.66 Å². The third kappa shape index (κ3) is 2.09. The first-order chi connectivity index (χ1) is 11.1. The van der Waals surface area contributed by atoms with Crippen molar-refractivity contribution in [3.05, 3.63) is 38.2 Å². The van der Waals surface area contributed by atoms with Crippen LogP contribution in [0.1, 0.15) is 44.9 Å². The minimum Gasteiger partial charge on any atom is -0.622 e. The van der Waals surface area contributed by atoms with Crippen molar-refractivity contribution in [1.82, 2.24) is 4.74 Å². The van der Waals surface area contributed by atoms with Gasteiger partial charge in [0.2, 0.25) is 5.36 Å². The average Bonchev–Trinajstić information content (AvgIpc) is 3.16. The van der Waals surface area contributed by atoms with Gasteiger partial charge in [0.1, 0.15) is 5.69 Å². The van der Waals surface area contributed by atoms with Crippen molar-refractivity contribution in [3.8, 4) is 0 Å². The van der Waals surface area contributed by atoms with E-state index in [0.29, 0.717) is 16.4 Å². The summed E-state index contributed by atoms with van der Waals surface area (Å²) in [6, 6.07) is 3.04. The van der Waals surface area contributed by atoms with Gasteiger partial charge >= 0.3 is 0 Å². The number of hydrogen-bond acceptors (Lipinski definition) is 5. The van der Waals surface area contributed by atoms with E-state index in [1.54, 1.807) is 6.07 Å². The van der Waals surface area contributed by atoms with Gasteiger partial charge in [-0.25, -0.2) is 4.99 Å². The van der Waals surface area contributed by atoms with Crippen LogP contribution in [0, 0.1) is 15.3 Å². The number of fused-ring (bicyclic) bond motifs is 1. The summed E-state index contributed by atoms with van der Waals surface area (Å²) in [5, 5.41) is 25.4. The van der Waals surface area contributed by atoms with Gasteiger partial charge in [-0.2, -0.15) is 4.74 Å². The largest absolute Gasteiger partial charge is 0.622 e. The smallest absolute Gasteiger partial charge is 0.295 e. The number of anilines is 1. The zero-order valence-electron chi connectivity index (χ0n) is 13.0. The Bertz CT molecular complexity index is 777. The Labute approximate surface area is 133 Å². The first-order valence-electron chi connectivity index (χ1n) is 8.39. The third-order valence-corrected chi connectivity index (χ3v) is 5.30. The highest BCUT2D eigenvalue weighted by atomic mass is 16.6. The maximum atomic E-state index is 12.9. The number of rotatable bonds is 2. The normalized spacial score (nSPS) is 22.3. The molecule has 0 bridgehead atoms. The highest BCUT2D eigenvalue weighted by Crippen LogP contribution is 2.33. The molecular formula is C16H20N4O3. The molecule has 1 aliphatic carbocycles. The number of nitro benzene ring substituents is 1. The number of benzene rings is 1. The zero-order valence-corrected chi connectivity index (χ0v) is 13.0. The quantitative estimate of drug-likeness (QED) is 0.358. The van der Waals surface area contributed by atoms with Gasteiger partial charge in [0.05, 0.1) is 4.92 Å². The van der Waals surface area contributed by atoms with Crippen molar-refractivity contribution in [2.24, 2.45) is 4.99 Å². The molecule has 4 rings (SSSR count). The van der Waals surface area contributed by atoms with Gasteiger partial charge in [0.15, 0.2) is 5.36 Å². The predicted molar refractivity (Wildman–Crippen MR) is 85.7 cm³/mol. The van der Waals surface area contributed by atoms with Crippen LogP contribution in [0.25, 0.3) is 0 Å². The summed E-state index contributed by atoms with van der Waals surface area (Å²) in [6.07, 6.45) is 6.60. The summed E-state index contributed by atoms with van der Waals surface area (Å²) in [6.45, 7) is 1.58. The first-order valence-corrected chi connectivity index (χ1v) is 8.39. The van der Waals surface area contributed by atoms with Gasteiger partial charge in [-0.1, -0.05) is 6.42 Å². The maximum Gasteiger partial charge on any atom is 0.295 e. The lowest BCUT2D eigenvalue weighted by Gasteiger charge is -2.28. The van der Waals surface area contributed by atoms with Crippen molar-refractivity contribution < 1.29 is 4.92 Å². The van der Waals surface area contributed by atoms with E-state index in [1.807, 2.05) is 4.90 Å². The number of nitro groups is 1. The number of hydroxylamine groups is 1. The van der Waals surface area contributed by atoms with Crippen LogP contribution in [-0.4, -0.2) is 23.7 Å². The van der Waals surface area contributed by atoms with Crippen LogP contribution in [0.5, 0.6) is 0 Å². The molecule has 0 aromatic heterocycles. The lowest BCUT2D eigenvalue weighted by Crippen LogP contribution is -2.44. The Hall–Kier alpha value is -2.18. The topological polar surface area (TPSA) is 84.8 Å². The van der Waals surface area contributed by atoms with E-state index in [9.17, 15) is 15.3 Å². The summed E-state index contributed by atoms with van der Waals surface area (Å²) in [7, 11) is 0. The monoisotopic (exact) mass is 316 g/mol. The van der Waals surface area contributed by atoms with Crippen molar-refractivity contribution in [1.29, 1.82) is 0 Å². The molecule has 2 aliphatic heterocycles. The molecule has 0 unspecified atom stereocenters. The molecule has 1 spiro atoms. The van der Waals surface area contributed by atoms with Crippen LogP contribution >= 0.6 is 0 Å². The fraction of sp³-hybridized carbons (Fsp3) is 0.625. The lowest BCUT2D eigenvalue weighted by molar-refractivity contribution is -0.384. The van der Waals surface area contributed by atoms with Crippen LogP contribution in [0.4, 0.5) is 11.4 Å². The lowest BCUT2D eigenvalue weighted by atomic mass is 9.90. The summed E-state index contributed by atoms with van der Waals surface area (Å²) in [4.78, 5) is 17.9. The van der Waals surface area contributed by atoms with Gasteiger partial charge in [-0.05, 0) is 25.7 Å². The molecule has 7 nitrogen and oxygen atoms in total. The molecule has 2 fully saturated rings. The summed E-state index contributed by atoms with van der Waals surface area (Å²) >= 11 is 0. The number of hydrogen-bond donors (Lipinski definition) is 0. The maximum absolute atomic E-state index is 12.9. The second kappa shape index (κ2) is 5.18. The van der Waals surface area contributed by atoms with E-state index in [2.05, 4.69) is 0 Å². The van der Waals surface area contributed by atoms with E-state index in [1.165, 1.54) is 6.07 Å². The Morgan fingerprint density at radius 3 is 2.48 bits per heavy atom. The van der Waals surface area contributed by atoms with E-state index >= 15 is 0 Å². The highest BCUT2D eigenvalue weighted by Gasteiger charge is 2.44. The Kier molecular flexibility index (Phi) is 3.25. The van der Waals surface area contributed by atoms with E-state index in [0.717, 1.165) is 62.8 Å². The molecule has 0 amide bonds. The van der Waals surface area contributed by atoms with Crippen LogP contribution in [0.15, 0.2) is 17.1 Å². The number of nitrogens with zero attached hydrogens (tertiary/aromatic N) is 4. The molecule has 0 N–H and O–H groups in total. The molecule has 0 radical (unpaired) electrons. The second-order valence-corrected chi connectivity index (χ2v) is 6.70. The summed E-state index contributed by atoms with van der Waals surface area (Å²) in [5.41, 5.74) is -0.117. The molecule has 1 aromatic rings. The van der Waals surface area contributed by atoms with Gasteiger partial charge in [0, 0.05) is 38.1 Å². The minimum atomic E-state index is -0.732. The van der Waals surface area contributed by atoms with Crippen LogP contribution in [-0.2, 0) is 0 Å². The van der Waals surface area contributed by atoms with Crippen molar-refractivity contribution in [2.75, 3.05) is 18.0 Å². The van der Waals surface area contributed by atoms with E-state index in [-0.39, 0.29) is 10.6 Å². The van der Waals surface area contributed by atoms with Crippen molar-refractivity contribution >= 4 is 11.4 Å².